The quantitative estimate of drug-likeness (QED) is 0.335. The molecular weight excluding hydrogens is 462 g/mol. The Kier molecular flexibility index (Phi) is 9.51. The molecule has 1 aromatic carbocycles. The van der Waals surface area contributed by atoms with E-state index in [1.165, 1.54) is 89.9 Å². The van der Waals surface area contributed by atoms with E-state index in [0.717, 1.165) is 67.3 Å². The van der Waals surface area contributed by atoms with Gasteiger partial charge >= 0.3 is 0 Å². The summed E-state index contributed by atoms with van der Waals surface area (Å²) in [7, 11) is 0. The Morgan fingerprint density at radius 3 is 1.89 bits per heavy atom. The molecule has 0 amide bonds. The second-order valence-corrected chi connectivity index (χ2v) is 13.4. The van der Waals surface area contributed by atoms with E-state index >= 15 is 8.78 Å². The first-order valence-corrected chi connectivity index (χ1v) is 16.2. The van der Waals surface area contributed by atoms with E-state index < -0.39 is 11.6 Å². The van der Waals surface area contributed by atoms with E-state index in [2.05, 4.69) is 13.8 Å². The van der Waals surface area contributed by atoms with Crippen molar-refractivity contribution in [2.75, 3.05) is 0 Å². The maximum absolute atomic E-state index is 15.4. The summed E-state index contributed by atoms with van der Waals surface area (Å²) in [5.41, 5.74) is 1.54. The van der Waals surface area contributed by atoms with E-state index in [1.54, 1.807) is 0 Å². The minimum Gasteiger partial charge on any atom is -0.487 e. The summed E-state index contributed by atoms with van der Waals surface area (Å²) in [4.78, 5) is 0. The highest BCUT2D eigenvalue weighted by Crippen LogP contribution is 2.46. The topological polar surface area (TPSA) is 9.23 Å². The fraction of sp³-hybridized carbons (Fsp3) is 0.824. The highest BCUT2D eigenvalue weighted by atomic mass is 19.2. The molecule has 0 bridgehead atoms. The van der Waals surface area contributed by atoms with Crippen molar-refractivity contribution >= 4 is 0 Å². The number of benzene rings is 1. The minimum absolute atomic E-state index is 0.0406. The number of rotatable bonds is 8. The summed E-state index contributed by atoms with van der Waals surface area (Å²) in [5.74, 6) is 3.38. The minimum atomic E-state index is -0.711. The van der Waals surface area contributed by atoms with Crippen LogP contribution < -0.4 is 4.74 Å². The fourth-order valence-corrected chi connectivity index (χ4v) is 8.65. The smallest absolute Gasteiger partial charge is 0.201 e. The molecule has 0 N–H and O–H groups in total. The molecular formula is C34H52F2O. The van der Waals surface area contributed by atoms with E-state index in [1.807, 2.05) is 6.07 Å². The van der Waals surface area contributed by atoms with Crippen LogP contribution in [0.1, 0.15) is 146 Å². The lowest BCUT2D eigenvalue weighted by Crippen LogP contribution is -2.27. The van der Waals surface area contributed by atoms with Crippen molar-refractivity contribution in [3.05, 3.63) is 28.8 Å². The van der Waals surface area contributed by atoms with Crippen LogP contribution in [0.15, 0.2) is 6.07 Å². The molecule has 3 heteroatoms. The Hall–Kier alpha value is -1.12. The lowest BCUT2D eigenvalue weighted by molar-refractivity contribution is 0.136. The summed E-state index contributed by atoms with van der Waals surface area (Å²) in [6.07, 6.45) is 23.3. The SMILES string of the molecule is CCCC1CCC(CCC2CCc3cc(C4CCC(C5CCC(CC)CC5)CC4)c(F)c(F)c3O2)CC1. The van der Waals surface area contributed by atoms with Gasteiger partial charge in [-0.25, -0.2) is 4.39 Å². The van der Waals surface area contributed by atoms with Gasteiger partial charge in [-0.2, -0.15) is 4.39 Å². The van der Waals surface area contributed by atoms with Gasteiger partial charge in [-0.3, -0.25) is 0 Å². The molecule has 1 aromatic rings. The van der Waals surface area contributed by atoms with Crippen LogP contribution in [0.3, 0.4) is 0 Å². The van der Waals surface area contributed by atoms with Crippen LogP contribution in [-0.4, -0.2) is 6.10 Å². The number of halogens is 2. The zero-order valence-electron chi connectivity index (χ0n) is 23.7. The molecule has 0 radical (unpaired) electrons. The first-order valence-electron chi connectivity index (χ1n) is 16.2. The molecule has 3 aliphatic carbocycles. The van der Waals surface area contributed by atoms with Gasteiger partial charge in [0, 0.05) is 0 Å². The summed E-state index contributed by atoms with van der Waals surface area (Å²) >= 11 is 0. The number of aryl methyl sites for hydroxylation is 1. The Morgan fingerprint density at radius 2 is 1.27 bits per heavy atom. The molecule has 1 unspecified atom stereocenters. The molecule has 1 aliphatic heterocycles. The summed E-state index contributed by atoms with van der Waals surface area (Å²) < 4.78 is 36.8. The number of hydrogen-bond acceptors (Lipinski definition) is 1. The maximum Gasteiger partial charge on any atom is 0.201 e. The van der Waals surface area contributed by atoms with Crippen LogP contribution in [-0.2, 0) is 6.42 Å². The predicted octanol–water partition coefficient (Wildman–Crippen LogP) is 10.5. The van der Waals surface area contributed by atoms with Gasteiger partial charge in [-0.05, 0) is 117 Å². The molecule has 1 atom stereocenters. The Labute approximate surface area is 225 Å². The van der Waals surface area contributed by atoms with Crippen molar-refractivity contribution in [2.45, 2.75) is 148 Å². The Balaban J connectivity index is 1.13. The number of fused-ring (bicyclic) bond motifs is 1. The molecule has 0 aromatic heterocycles. The average molecular weight is 515 g/mol. The molecule has 1 nitrogen and oxygen atoms in total. The molecule has 3 saturated carbocycles. The van der Waals surface area contributed by atoms with Crippen molar-refractivity contribution in [1.29, 1.82) is 0 Å². The Bertz CT molecular complexity index is 857. The molecule has 5 rings (SSSR count). The van der Waals surface area contributed by atoms with Crippen LogP contribution >= 0.6 is 0 Å². The van der Waals surface area contributed by atoms with Crippen molar-refractivity contribution in [1.82, 2.24) is 0 Å². The van der Waals surface area contributed by atoms with Gasteiger partial charge in [0.25, 0.3) is 0 Å². The largest absolute Gasteiger partial charge is 0.487 e. The first kappa shape index (κ1) is 27.4. The van der Waals surface area contributed by atoms with Gasteiger partial charge in [-0.15, -0.1) is 0 Å². The number of hydrogen-bond donors (Lipinski definition) is 0. The van der Waals surface area contributed by atoms with Gasteiger partial charge in [0.15, 0.2) is 11.6 Å². The summed E-state index contributed by atoms with van der Waals surface area (Å²) in [6, 6.07) is 1.98. The van der Waals surface area contributed by atoms with Crippen molar-refractivity contribution < 1.29 is 13.5 Å². The van der Waals surface area contributed by atoms with E-state index in [9.17, 15) is 0 Å². The molecule has 37 heavy (non-hydrogen) atoms. The molecule has 4 aliphatic rings. The zero-order chi connectivity index (χ0) is 25.8. The van der Waals surface area contributed by atoms with Crippen molar-refractivity contribution in [3.8, 4) is 5.75 Å². The maximum atomic E-state index is 15.4. The molecule has 3 fully saturated rings. The van der Waals surface area contributed by atoms with Gasteiger partial charge in [0.1, 0.15) is 0 Å². The second kappa shape index (κ2) is 12.8. The third-order valence-corrected chi connectivity index (χ3v) is 11.2. The normalized spacial score (nSPS) is 34.5. The second-order valence-electron chi connectivity index (χ2n) is 13.4. The van der Waals surface area contributed by atoms with Gasteiger partial charge in [-0.1, -0.05) is 71.6 Å². The number of ether oxygens (including phenoxy) is 1. The van der Waals surface area contributed by atoms with E-state index in [-0.39, 0.29) is 17.8 Å². The summed E-state index contributed by atoms with van der Waals surface area (Å²) in [6.45, 7) is 4.62. The van der Waals surface area contributed by atoms with Crippen LogP contribution in [0.5, 0.6) is 5.75 Å². The lowest BCUT2D eigenvalue weighted by atomic mass is 9.68. The molecule has 208 valence electrons. The Morgan fingerprint density at radius 1 is 0.676 bits per heavy atom. The van der Waals surface area contributed by atoms with Gasteiger partial charge in [0.2, 0.25) is 5.82 Å². The van der Waals surface area contributed by atoms with Crippen LogP contribution in [0.25, 0.3) is 0 Å². The van der Waals surface area contributed by atoms with Crippen molar-refractivity contribution in [2.24, 2.45) is 29.6 Å². The van der Waals surface area contributed by atoms with Gasteiger partial charge < -0.3 is 4.74 Å². The first-order chi connectivity index (χ1) is 18.1. The summed E-state index contributed by atoms with van der Waals surface area (Å²) in [5, 5.41) is 0. The van der Waals surface area contributed by atoms with Crippen molar-refractivity contribution in [3.63, 3.8) is 0 Å². The highest BCUT2D eigenvalue weighted by molar-refractivity contribution is 5.43. The molecule has 0 saturated heterocycles. The monoisotopic (exact) mass is 514 g/mol. The van der Waals surface area contributed by atoms with Crippen LogP contribution in [0.4, 0.5) is 8.78 Å². The molecule has 1 heterocycles. The average Bonchev–Trinajstić information content (AvgIpc) is 2.95. The third-order valence-electron chi connectivity index (χ3n) is 11.2. The zero-order valence-corrected chi connectivity index (χ0v) is 23.7. The third kappa shape index (κ3) is 6.55. The standard InChI is InChI=1S/C34H52F2O/c1-3-5-24-6-8-25(9-7-24)12-20-30-21-19-29-22-31(32(35)33(36)34(29)37-30)28-17-15-27(16-18-28)26-13-10-23(4-2)11-14-26/h22-28,30H,3-21H2,1-2H3. The fourth-order valence-electron chi connectivity index (χ4n) is 8.65. The van der Waals surface area contributed by atoms with E-state index in [4.69, 9.17) is 4.74 Å². The predicted molar refractivity (Wildman–Crippen MR) is 149 cm³/mol. The highest BCUT2D eigenvalue weighted by Gasteiger charge is 2.34. The van der Waals surface area contributed by atoms with Crippen LogP contribution in [0, 0.1) is 41.2 Å². The van der Waals surface area contributed by atoms with Gasteiger partial charge in [0.05, 0.1) is 6.10 Å². The lowest BCUT2D eigenvalue weighted by Gasteiger charge is -2.38. The van der Waals surface area contributed by atoms with E-state index in [0.29, 0.717) is 5.56 Å². The van der Waals surface area contributed by atoms with Crippen LogP contribution in [0.2, 0.25) is 0 Å². The molecule has 0 spiro atoms.